The van der Waals surface area contributed by atoms with Gasteiger partial charge in [-0.25, -0.2) is 4.79 Å². The molecule has 54 valence electrons. The quantitative estimate of drug-likeness (QED) is 0.468. The van der Waals surface area contributed by atoms with Gasteiger partial charge in [0.25, 0.3) is 0 Å². The predicted molar refractivity (Wildman–Crippen MR) is 43.6 cm³/mol. The third-order valence-corrected chi connectivity index (χ3v) is 1.16. The molecule has 0 saturated carbocycles. The molecule has 0 aromatic heterocycles. The van der Waals surface area contributed by atoms with Gasteiger partial charge >= 0.3 is 5.97 Å². The van der Waals surface area contributed by atoms with Gasteiger partial charge in [0.05, 0.1) is 5.56 Å². The fourth-order valence-corrected chi connectivity index (χ4v) is 0.626. The molecule has 0 amide bonds. The number of hydrogen-bond acceptors (Lipinski definition) is 2. The van der Waals surface area contributed by atoms with E-state index in [9.17, 15) is 4.79 Å². The van der Waals surface area contributed by atoms with E-state index in [2.05, 4.69) is 0 Å². The average Bonchev–Trinajstić information content (AvgIpc) is 1.88. The van der Waals surface area contributed by atoms with Crippen LogP contribution in [0.3, 0.4) is 0 Å². The van der Waals surface area contributed by atoms with Crippen molar-refractivity contribution < 1.29 is 9.90 Å². The van der Waals surface area contributed by atoms with Crippen LogP contribution in [0.4, 0.5) is 5.69 Å². The molecule has 0 saturated heterocycles. The van der Waals surface area contributed by atoms with Crippen LogP contribution in [0, 0.1) is 0 Å². The van der Waals surface area contributed by atoms with Crippen molar-refractivity contribution in [2.45, 2.75) is 0 Å². The molecular weight excluding hydrogens is 154 g/mol. The maximum Gasteiger partial charge on any atom is 0.335 e. The van der Waals surface area contributed by atoms with Gasteiger partial charge in [-0.3, -0.25) is 0 Å². The zero-order chi connectivity index (χ0) is 7.56. The largest absolute Gasteiger partial charge is 0.478 e. The number of carbonyl (C=O) groups is 1. The summed E-state index contributed by atoms with van der Waals surface area (Å²) in [6.07, 6.45) is 0. The maximum atomic E-state index is 10.3. The Hall–Kier alpha value is -0.744. The molecule has 11 heavy (non-hydrogen) atoms. The summed E-state index contributed by atoms with van der Waals surface area (Å²) in [5.41, 5.74) is 6.17. The molecule has 0 spiro atoms. The van der Waals surface area contributed by atoms with Gasteiger partial charge in [-0.1, -0.05) is 0 Å². The second-order valence-electron chi connectivity index (χ2n) is 1.93. The summed E-state index contributed by atoms with van der Waals surface area (Å²) in [7, 11) is 0. The van der Waals surface area contributed by atoms with Gasteiger partial charge in [0.15, 0.2) is 0 Å². The Labute approximate surface area is 80.4 Å². The molecule has 0 unspecified atom stereocenters. The van der Waals surface area contributed by atoms with Crippen molar-refractivity contribution in [2.75, 3.05) is 5.73 Å². The van der Waals surface area contributed by atoms with Crippen LogP contribution >= 0.6 is 0 Å². The number of aromatic carboxylic acids is 1. The summed E-state index contributed by atoms with van der Waals surface area (Å²) >= 11 is 0. The van der Waals surface area contributed by atoms with E-state index in [1.165, 1.54) is 12.1 Å². The Balaban J connectivity index is 0.000001000. The van der Waals surface area contributed by atoms with E-state index in [4.69, 9.17) is 10.8 Å². The Kier molecular flexibility index (Phi) is 3.92. The van der Waals surface area contributed by atoms with Crippen LogP contribution in [0.15, 0.2) is 24.3 Å². The molecule has 0 aliphatic rings. The van der Waals surface area contributed by atoms with Gasteiger partial charge in [0.2, 0.25) is 0 Å². The van der Waals surface area contributed by atoms with Crippen molar-refractivity contribution in [1.29, 1.82) is 0 Å². The first kappa shape index (κ1) is 10.3. The minimum atomic E-state index is -0.931. The van der Waals surface area contributed by atoms with Gasteiger partial charge in [0.1, 0.15) is 0 Å². The Morgan fingerprint density at radius 3 is 2.09 bits per heavy atom. The van der Waals surface area contributed by atoms with Crippen molar-refractivity contribution in [1.82, 2.24) is 0 Å². The van der Waals surface area contributed by atoms with E-state index in [1.807, 2.05) is 0 Å². The smallest absolute Gasteiger partial charge is 0.335 e. The number of rotatable bonds is 1. The highest BCUT2D eigenvalue weighted by Crippen LogP contribution is 2.04. The number of carboxylic acid groups (broad SMARTS) is 1. The van der Waals surface area contributed by atoms with E-state index in [0.717, 1.165) is 0 Å². The lowest BCUT2D eigenvalue weighted by Crippen LogP contribution is -1.95. The highest BCUT2D eigenvalue weighted by atomic mass is 24.3. The molecule has 0 bridgehead atoms. The number of benzene rings is 1. The Bertz CT molecular complexity index is 245. The van der Waals surface area contributed by atoms with E-state index >= 15 is 0 Å². The van der Waals surface area contributed by atoms with Crippen LogP contribution in [0.5, 0.6) is 0 Å². The molecule has 4 heteroatoms. The molecule has 0 fully saturated rings. The monoisotopic (exact) mass is 161 g/mol. The zero-order valence-corrected chi connectivity index (χ0v) is 7.36. The highest BCUT2D eigenvalue weighted by molar-refractivity contribution is 5.87. The molecule has 0 aliphatic carbocycles. The van der Waals surface area contributed by atoms with E-state index in [0.29, 0.717) is 5.69 Å². The van der Waals surface area contributed by atoms with Crippen LogP contribution in [-0.2, 0) is 0 Å². The van der Waals surface area contributed by atoms with Gasteiger partial charge in [0, 0.05) is 28.7 Å². The van der Waals surface area contributed by atoms with Gasteiger partial charge in [-0.05, 0) is 24.3 Å². The van der Waals surface area contributed by atoms with Crippen LogP contribution in [0.2, 0.25) is 0 Å². The summed E-state index contributed by atoms with van der Waals surface area (Å²) in [6, 6.07) is 6.06. The lowest BCUT2D eigenvalue weighted by molar-refractivity contribution is 0.0697. The molecule has 2 radical (unpaired) electrons. The van der Waals surface area contributed by atoms with E-state index in [-0.39, 0.29) is 28.6 Å². The number of hydrogen-bond donors (Lipinski definition) is 2. The second kappa shape index (κ2) is 4.20. The van der Waals surface area contributed by atoms with E-state index < -0.39 is 5.97 Å². The van der Waals surface area contributed by atoms with Crippen LogP contribution in [-0.4, -0.2) is 34.1 Å². The predicted octanol–water partition coefficient (Wildman–Crippen LogP) is 0.586. The molecule has 1 aromatic carbocycles. The first-order valence-corrected chi connectivity index (χ1v) is 2.79. The molecule has 0 heterocycles. The van der Waals surface area contributed by atoms with Crippen molar-refractivity contribution >= 4 is 34.7 Å². The highest BCUT2D eigenvalue weighted by Gasteiger charge is 1.98. The number of anilines is 1. The number of carboxylic acids is 1. The average molecular weight is 161 g/mol. The lowest BCUT2D eigenvalue weighted by Gasteiger charge is -1.93. The first-order valence-electron chi connectivity index (χ1n) is 2.79. The maximum absolute atomic E-state index is 10.3. The Morgan fingerprint density at radius 1 is 1.27 bits per heavy atom. The van der Waals surface area contributed by atoms with Crippen molar-refractivity contribution in [2.24, 2.45) is 0 Å². The van der Waals surface area contributed by atoms with Gasteiger partial charge in [-0.15, -0.1) is 0 Å². The number of nitrogen functional groups attached to an aromatic ring is 1. The molecule has 1 aromatic rings. The van der Waals surface area contributed by atoms with E-state index in [1.54, 1.807) is 12.1 Å². The normalized spacial score (nSPS) is 8.36. The van der Waals surface area contributed by atoms with Crippen molar-refractivity contribution in [3.63, 3.8) is 0 Å². The molecule has 0 atom stereocenters. The molecule has 1 rings (SSSR count). The van der Waals surface area contributed by atoms with Crippen LogP contribution < -0.4 is 5.73 Å². The number of nitrogens with two attached hydrogens (primary N) is 1. The fraction of sp³-hybridized carbons (Fsp3) is 0. The summed E-state index contributed by atoms with van der Waals surface area (Å²) in [4.78, 5) is 10.3. The topological polar surface area (TPSA) is 63.3 Å². The van der Waals surface area contributed by atoms with Gasteiger partial charge < -0.3 is 10.8 Å². The Morgan fingerprint density at radius 2 is 1.73 bits per heavy atom. The fourth-order valence-electron chi connectivity index (χ4n) is 0.626. The van der Waals surface area contributed by atoms with Crippen molar-refractivity contribution in [3.05, 3.63) is 29.8 Å². The second-order valence-corrected chi connectivity index (χ2v) is 1.93. The minimum Gasteiger partial charge on any atom is -0.478 e. The van der Waals surface area contributed by atoms with Crippen LogP contribution in [0.25, 0.3) is 0 Å². The molecule has 3 N–H and O–H groups in total. The zero-order valence-electron chi connectivity index (χ0n) is 5.95. The lowest BCUT2D eigenvalue weighted by atomic mass is 10.2. The molecular formula is C7H7MgNO2. The van der Waals surface area contributed by atoms with Gasteiger partial charge in [-0.2, -0.15) is 0 Å². The summed E-state index contributed by atoms with van der Waals surface area (Å²) in [5, 5.41) is 8.43. The minimum absolute atomic E-state index is 0. The van der Waals surface area contributed by atoms with Crippen molar-refractivity contribution in [3.8, 4) is 0 Å². The molecule has 3 nitrogen and oxygen atoms in total. The standard InChI is InChI=1S/C7H7NO2.Mg/c8-6-3-1-5(2-4-6)7(9)10;/h1-4H,8H2,(H,9,10);. The SMILES string of the molecule is Nc1ccc(C(=O)O)cc1.[Mg]. The summed E-state index contributed by atoms with van der Waals surface area (Å²) in [5.74, 6) is -0.931. The first-order chi connectivity index (χ1) is 4.70. The summed E-state index contributed by atoms with van der Waals surface area (Å²) in [6.45, 7) is 0. The third kappa shape index (κ3) is 2.77. The molecule has 0 aliphatic heterocycles. The summed E-state index contributed by atoms with van der Waals surface area (Å²) < 4.78 is 0. The van der Waals surface area contributed by atoms with Crippen LogP contribution in [0.1, 0.15) is 10.4 Å². The third-order valence-electron chi connectivity index (χ3n) is 1.16.